The molecule has 2 rings (SSSR count). The van der Waals surface area contributed by atoms with Crippen molar-refractivity contribution in [1.82, 2.24) is 4.90 Å². The van der Waals surface area contributed by atoms with Crippen molar-refractivity contribution in [2.75, 3.05) is 26.8 Å². The van der Waals surface area contributed by atoms with Crippen LogP contribution in [0.1, 0.15) is 30.9 Å². The Morgan fingerprint density at radius 1 is 1.35 bits per heavy atom. The molecule has 4 heteroatoms. The molecule has 1 aliphatic heterocycles. The molecule has 1 aliphatic rings. The van der Waals surface area contributed by atoms with Gasteiger partial charge in [0.2, 0.25) is 5.91 Å². The van der Waals surface area contributed by atoms with Crippen molar-refractivity contribution >= 4 is 5.91 Å². The van der Waals surface area contributed by atoms with Crippen LogP contribution >= 0.6 is 0 Å². The number of likely N-dealkylation sites (N-methyl/N-ethyl adjacent to an activating group) is 1. The SMILES string of the molecule is CN(CCC1CCOCC1)C(=O)C(N)c1ccccc1. The Morgan fingerprint density at radius 3 is 2.65 bits per heavy atom. The first-order chi connectivity index (χ1) is 9.68. The second-order valence-corrected chi connectivity index (χ2v) is 5.49. The summed E-state index contributed by atoms with van der Waals surface area (Å²) in [4.78, 5) is 14.0. The number of benzene rings is 1. The molecule has 1 unspecified atom stereocenters. The molecule has 1 heterocycles. The topological polar surface area (TPSA) is 55.6 Å². The van der Waals surface area contributed by atoms with Gasteiger partial charge in [0.25, 0.3) is 0 Å². The number of ether oxygens (including phenoxy) is 1. The molecule has 0 spiro atoms. The van der Waals surface area contributed by atoms with Gasteiger partial charge >= 0.3 is 0 Å². The van der Waals surface area contributed by atoms with Gasteiger partial charge in [0, 0.05) is 26.8 Å². The van der Waals surface area contributed by atoms with Crippen molar-refractivity contribution in [2.24, 2.45) is 11.7 Å². The van der Waals surface area contributed by atoms with Crippen LogP contribution in [-0.2, 0) is 9.53 Å². The van der Waals surface area contributed by atoms with Gasteiger partial charge in [0.1, 0.15) is 6.04 Å². The lowest BCUT2D eigenvalue weighted by Gasteiger charge is -2.26. The first kappa shape index (κ1) is 15.0. The summed E-state index contributed by atoms with van der Waals surface area (Å²) in [5, 5.41) is 0. The third-order valence-corrected chi connectivity index (χ3v) is 4.01. The predicted molar refractivity (Wildman–Crippen MR) is 79.2 cm³/mol. The van der Waals surface area contributed by atoms with Gasteiger partial charge in [-0.3, -0.25) is 4.79 Å². The number of carbonyl (C=O) groups excluding carboxylic acids is 1. The van der Waals surface area contributed by atoms with E-state index in [0.717, 1.165) is 44.6 Å². The third kappa shape index (κ3) is 4.05. The predicted octanol–water partition coefficient (Wildman–Crippen LogP) is 1.96. The van der Waals surface area contributed by atoms with E-state index in [9.17, 15) is 4.79 Å². The molecule has 1 amide bonds. The highest BCUT2D eigenvalue weighted by molar-refractivity contribution is 5.82. The van der Waals surface area contributed by atoms with E-state index in [1.165, 1.54) is 0 Å². The van der Waals surface area contributed by atoms with Crippen molar-refractivity contribution in [3.63, 3.8) is 0 Å². The summed E-state index contributed by atoms with van der Waals surface area (Å²) in [5.74, 6) is 0.662. The Kier molecular flexibility index (Phi) is 5.56. The smallest absolute Gasteiger partial charge is 0.243 e. The zero-order valence-electron chi connectivity index (χ0n) is 12.1. The molecule has 1 fully saturated rings. The van der Waals surface area contributed by atoms with Gasteiger partial charge in [-0.2, -0.15) is 0 Å². The van der Waals surface area contributed by atoms with Crippen molar-refractivity contribution in [2.45, 2.75) is 25.3 Å². The molecule has 1 aromatic carbocycles. The molecule has 1 saturated heterocycles. The van der Waals surface area contributed by atoms with Gasteiger partial charge in [0.15, 0.2) is 0 Å². The van der Waals surface area contributed by atoms with Crippen LogP contribution in [0.2, 0.25) is 0 Å². The van der Waals surface area contributed by atoms with Crippen LogP contribution in [0.4, 0.5) is 0 Å². The zero-order valence-corrected chi connectivity index (χ0v) is 12.1. The lowest BCUT2D eigenvalue weighted by Crippen LogP contribution is -2.37. The summed E-state index contributed by atoms with van der Waals surface area (Å²) in [6, 6.07) is 8.98. The van der Waals surface area contributed by atoms with E-state index in [1.807, 2.05) is 37.4 Å². The molecule has 0 radical (unpaired) electrons. The third-order valence-electron chi connectivity index (χ3n) is 4.01. The minimum atomic E-state index is -0.559. The van der Waals surface area contributed by atoms with Crippen LogP contribution in [0.25, 0.3) is 0 Å². The van der Waals surface area contributed by atoms with Crippen LogP contribution in [0.5, 0.6) is 0 Å². The Balaban J connectivity index is 1.82. The Hall–Kier alpha value is -1.39. The molecular weight excluding hydrogens is 252 g/mol. The van der Waals surface area contributed by atoms with Crippen LogP contribution < -0.4 is 5.73 Å². The summed E-state index contributed by atoms with van der Waals surface area (Å²) in [5.41, 5.74) is 6.91. The normalized spacial score (nSPS) is 17.7. The van der Waals surface area contributed by atoms with Gasteiger partial charge in [-0.25, -0.2) is 0 Å². The summed E-state index contributed by atoms with van der Waals surface area (Å²) in [6.45, 7) is 2.47. The highest BCUT2D eigenvalue weighted by atomic mass is 16.5. The summed E-state index contributed by atoms with van der Waals surface area (Å²) in [6.07, 6.45) is 3.24. The highest BCUT2D eigenvalue weighted by Gasteiger charge is 2.21. The summed E-state index contributed by atoms with van der Waals surface area (Å²) >= 11 is 0. The van der Waals surface area contributed by atoms with E-state index in [4.69, 9.17) is 10.5 Å². The van der Waals surface area contributed by atoms with E-state index >= 15 is 0 Å². The first-order valence-electron chi connectivity index (χ1n) is 7.31. The molecule has 2 N–H and O–H groups in total. The van der Waals surface area contributed by atoms with E-state index in [1.54, 1.807) is 4.90 Å². The van der Waals surface area contributed by atoms with Crippen LogP contribution in [-0.4, -0.2) is 37.6 Å². The molecule has 0 bridgehead atoms. The monoisotopic (exact) mass is 276 g/mol. The van der Waals surface area contributed by atoms with E-state index in [-0.39, 0.29) is 5.91 Å². The second kappa shape index (κ2) is 7.41. The minimum Gasteiger partial charge on any atom is -0.381 e. The fourth-order valence-electron chi connectivity index (χ4n) is 2.56. The van der Waals surface area contributed by atoms with Gasteiger partial charge in [-0.05, 0) is 30.7 Å². The lowest BCUT2D eigenvalue weighted by atomic mass is 9.96. The standard InChI is InChI=1S/C16H24N2O2/c1-18(10-7-13-8-11-20-12-9-13)16(19)15(17)14-5-3-2-4-6-14/h2-6,13,15H,7-12,17H2,1H3. The van der Waals surface area contributed by atoms with Crippen molar-refractivity contribution in [3.8, 4) is 0 Å². The Labute approximate surface area is 120 Å². The van der Waals surface area contributed by atoms with E-state index in [2.05, 4.69) is 0 Å². The van der Waals surface area contributed by atoms with E-state index < -0.39 is 6.04 Å². The number of hydrogen-bond donors (Lipinski definition) is 1. The number of hydrogen-bond acceptors (Lipinski definition) is 3. The molecule has 1 aromatic rings. The minimum absolute atomic E-state index is 0.0109. The fourth-order valence-corrected chi connectivity index (χ4v) is 2.56. The molecule has 0 saturated carbocycles. The number of carbonyl (C=O) groups is 1. The number of rotatable bonds is 5. The average Bonchev–Trinajstić information content (AvgIpc) is 2.53. The molecule has 20 heavy (non-hydrogen) atoms. The maximum atomic E-state index is 12.3. The molecule has 0 aromatic heterocycles. The quantitative estimate of drug-likeness (QED) is 0.894. The van der Waals surface area contributed by atoms with E-state index in [0.29, 0.717) is 5.92 Å². The molecule has 1 atom stereocenters. The first-order valence-corrected chi connectivity index (χ1v) is 7.31. The molecule has 0 aliphatic carbocycles. The van der Waals surface area contributed by atoms with Crippen molar-refractivity contribution in [3.05, 3.63) is 35.9 Å². The zero-order chi connectivity index (χ0) is 14.4. The summed E-state index contributed by atoms with van der Waals surface area (Å²) in [7, 11) is 1.84. The maximum absolute atomic E-state index is 12.3. The van der Waals surface area contributed by atoms with Gasteiger partial charge in [-0.1, -0.05) is 30.3 Å². The molecule has 4 nitrogen and oxygen atoms in total. The number of amides is 1. The van der Waals surface area contributed by atoms with Gasteiger partial charge in [0.05, 0.1) is 0 Å². The number of nitrogens with two attached hydrogens (primary N) is 1. The molecular formula is C16H24N2O2. The Bertz CT molecular complexity index is 416. The number of nitrogens with zero attached hydrogens (tertiary/aromatic N) is 1. The van der Waals surface area contributed by atoms with Crippen LogP contribution in [0.3, 0.4) is 0 Å². The second-order valence-electron chi connectivity index (χ2n) is 5.49. The van der Waals surface area contributed by atoms with Crippen molar-refractivity contribution in [1.29, 1.82) is 0 Å². The average molecular weight is 276 g/mol. The highest BCUT2D eigenvalue weighted by Crippen LogP contribution is 2.19. The fraction of sp³-hybridized carbons (Fsp3) is 0.562. The maximum Gasteiger partial charge on any atom is 0.243 e. The Morgan fingerprint density at radius 2 is 2.00 bits per heavy atom. The van der Waals surface area contributed by atoms with Gasteiger partial charge in [-0.15, -0.1) is 0 Å². The largest absolute Gasteiger partial charge is 0.381 e. The lowest BCUT2D eigenvalue weighted by molar-refractivity contribution is -0.131. The van der Waals surface area contributed by atoms with Crippen LogP contribution in [0.15, 0.2) is 30.3 Å². The van der Waals surface area contributed by atoms with Gasteiger partial charge < -0.3 is 15.4 Å². The molecule has 110 valence electrons. The van der Waals surface area contributed by atoms with Crippen LogP contribution in [0, 0.1) is 5.92 Å². The summed E-state index contributed by atoms with van der Waals surface area (Å²) < 4.78 is 5.35. The van der Waals surface area contributed by atoms with Crippen molar-refractivity contribution < 1.29 is 9.53 Å².